The van der Waals surface area contributed by atoms with Gasteiger partial charge in [0.1, 0.15) is 11.4 Å². The highest BCUT2D eigenvalue weighted by Gasteiger charge is 2.38. The van der Waals surface area contributed by atoms with Crippen LogP contribution in [-0.2, 0) is 11.3 Å². The van der Waals surface area contributed by atoms with E-state index in [1.807, 2.05) is 35.1 Å². The molecule has 2 aromatic heterocycles. The van der Waals surface area contributed by atoms with E-state index >= 15 is 0 Å². The standard InChI is InChI=1S/C20H23N5O.C2HF3O2/c1-15-5-6-20(26)16(12-15)13-24-10-7-17(8-11-24)25-14-19(22-23-25)18-4-2-3-9-21-18;3-2(4,5)1(6)7/h2-6,9,12,14,17,26H,7-8,10-11,13H2,1H3;(H,6,7). The molecule has 4 rings (SSSR count). The summed E-state index contributed by atoms with van der Waals surface area (Å²) >= 11 is 0. The van der Waals surface area contributed by atoms with Crippen LogP contribution in [-0.4, -0.2) is 60.3 Å². The fourth-order valence-corrected chi connectivity index (χ4v) is 3.51. The summed E-state index contributed by atoms with van der Waals surface area (Å²) in [6.07, 6.45) is 0.734. The van der Waals surface area contributed by atoms with Crippen LogP contribution in [0.5, 0.6) is 5.75 Å². The summed E-state index contributed by atoms with van der Waals surface area (Å²) in [6, 6.07) is 12.0. The second-order valence-corrected chi connectivity index (χ2v) is 7.74. The van der Waals surface area contributed by atoms with E-state index in [2.05, 4.69) is 33.2 Å². The number of aromatic hydroxyl groups is 1. The number of phenols is 1. The number of piperidine rings is 1. The Bertz CT molecular complexity index is 1060. The molecule has 0 spiro atoms. The zero-order chi connectivity index (χ0) is 24.0. The number of carboxylic acids is 1. The first kappa shape index (κ1) is 24.2. The molecule has 11 heteroatoms. The van der Waals surface area contributed by atoms with Crippen molar-refractivity contribution in [3.8, 4) is 17.1 Å². The van der Waals surface area contributed by atoms with E-state index in [0.29, 0.717) is 11.8 Å². The Labute approximate surface area is 188 Å². The minimum atomic E-state index is -5.08. The lowest BCUT2D eigenvalue weighted by Gasteiger charge is -2.31. The van der Waals surface area contributed by atoms with Crippen LogP contribution in [0.25, 0.3) is 11.4 Å². The quantitative estimate of drug-likeness (QED) is 0.606. The molecule has 0 saturated carbocycles. The van der Waals surface area contributed by atoms with Crippen molar-refractivity contribution in [3.05, 3.63) is 59.9 Å². The molecule has 0 unspecified atom stereocenters. The van der Waals surface area contributed by atoms with Crippen LogP contribution in [0.1, 0.15) is 30.0 Å². The van der Waals surface area contributed by atoms with Crippen LogP contribution in [0, 0.1) is 6.92 Å². The van der Waals surface area contributed by atoms with Crippen molar-refractivity contribution in [3.63, 3.8) is 0 Å². The average molecular weight is 463 g/mol. The molecule has 0 radical (unpaired) electrons. The number of carbonyl (C=O) groups is 1. The second-order valence-electron chi connectivity index (χ2n) is 7.74. The molecule has 8 nitrogen and oxygen atoms in total. The SMILES string of the molecule is Cc1ccc(O)c(CN2CCC(n3cc(-c4ccccn4)nn3)CC2)c1.O=C(O)C(F)(F)F. The first-order valence-corrected chi connectivity index (χ1v) is 10.3. The van der Waals surface area contributed by atoms with E-state index in [9.17, 15) is 18.3 Å². The van der Waals surface area contributed by atoms with Gasteiger partial charge in [-0.3, -0.25) is 9.88 Å². The number of likely N-dealkylation sites (tertiary alicyclic amines) is 1. The molecule has 0 amide bonds. The molecule has 1 aliphatic heterocycles. The monoisotopic (exact) mass is 463 g/mol. The van der Waals surface area contributed by atoms with E-state index in [4.69, 9.17) is 9.90 Å². The Morgan fingerprint density at radius 3 is 2.45 bits per heavy atom. The highest BCUT2D eigenvalue weighted by molar-refractivity contribution is 5.73. The van der Waals surface area contributed by atoms with Crippen molar-refractivity contribution >= 4 is 5.97 Å². The highest BCUT2D eigenvalue weighted by atomic mass is 19.4. The molecule has 1 saturated heterocycles. The van der Waals surface area contributed by atoms with E-state index in [1.54, 1.807) is 12.3 Å². The molecule has 3 heterocycles. The topological polar surface area (TPSA) is 104 Å². The first-order chi connectivity index (χ1) is 15.6. The van der Waals surface area contributed by atoms with Gasteiger partial charge >= 0.3 is 12.1 Å². The summed E-state index contributed by atoms with van der Waals surface area (Å²) in [4.78, 5) is 15.6. The molecule has 1 aromatic carbocycles. The fraction of sp³-hybridized carbons (Fsp3) is 0.364. The number of aliphatic carboxylic acids is 1. The van der Waals surface area contributed by atoms with Crippen LogP contribution in [0.2, 0.25) is 0 Å². The van der Waals surface area contributed by atoms with Crippen molar-refractivity contribution in [1.29, 1.82) is 0 Å². The smallest absolute Gasteiger partial charge is 0.490 e. The molecule has 33 heavy (non-hydrogen) atoms. The van der Waals surface area contributed by atoms with Crippen molar-refractivity contribution in [2.75, 3.05) is 13.1 Å². The lowest BCUT2D eigenvalue weighted by Crippen LogP contribution is -2.34. The zero-order valence-corrected chi connectivity index (χ0v) is 17.9. The first-order valence-electron chi connectivity index (χ1n) is 10.3. The average Bonchev–Trinajstić information content (AvgIpc) is 3.28. The number of hydrogen-bond donors (Lipinski definition) is 2. The fourth-order valence-electron chi connectivity index (χ4n) is 3.51. The van der Waals surface area contributed by atoms with Crippen molar-refractivity contribution < 1.29 is 28.2 Å². The predicted molar refractivity (Wildman–Crippen MR) is 113 cm³/mol. The lowest BCUT2D eigenvalue weighted by atomic mass is 10.0. The highest BCUT2D eigenvalue weighted by Crippen LogP contribution is 2.26. The molecule has 1 fully saturated rings. The summed E-state index contributed by atoms with van der Waals surface area (Å²) in [6.45, 7) is 4.81. The molecule has 3 aromatic rings. The molecular weight excluding hydrogens is 439 g/mol. The van der Waals surface area contributed by atoms with Gasteiger partial charge in [0.2, 0.25) is 0 Å². The third kappa shape index (κ3) is 6.75. The largest absolute Gasteiger partial charge is 0.508 e. The number of alkyl halides is 3. The number of aryl methyl sites for hydroxylation is 1. The van der Waals surface area contributed by atoms with Gasteiger partial charge in [-0.2, -0.15) is 13.2 Å². The second kappa shape index (κ2) is 10.4. The van der Waals surface area contributed by atoms with Crippen LogP contribution in [0.4, 0.5) is 13.2 Å². The maximum Gasteiger partial charge on any atom is 0.490 e. The number of phenolic OH excluding ortho intramolecular Hbond substituents is 1. The Morgan fingerprint density at radius 2 is 1.85 bits per heavy atom. The maximum atomic E-state index is 10.6. The van der Waals surface area contributed by atoms with Gasteiger partial charge in [0.15, 0.2) is 0 Å². The number of hydrogen-bond acceptors (Lipinski definition) is 6. The number of aromatic nitrogens is 4. The number of nitrogens with zero attached hydrogens (tertiary/aromatic N) is 5. The number of benzene rings is 1. The minimum absolute atomic E-state index is 0.363. The van der Waals surface area contributed by atoms with Gasteiger partial charge in [-0.15, -0.1) is 5.10 Å². The van der Waals surface area contributed by atoms with Crippen molar-refractivity contribution in [1.82, 2.24) is 24.9 Å². The summed E-state index contributed by atoms with van der Waals surface area (Å²) < 4.78 is 33.7. The van der Waals surface area contributed by atoms with Crippen LogP contribution >= 0.6 is 0 Å². The number of halogens is 3. The van der Waals surface area contributed by atoms with Gasteiger partial charge < -0.3 is 10.2 Å². The van der Waals surface area contributed by atoms with Crippen LogP contribution < -0.4 is 0 Å². The number of carboxylic acid groups (broad SMARTS) is 1. The Balaban J connectivity index is 0.000000383. The van der Waals surface area contributed by atoms with Gasteiger partial charge in [0.25, 0.3) is 0 Å². The van der Waals surface area contributed by atoms with Gasteiger partial charge in [-0.05, 0) is 38.0 Å². The third-order valence-corrected chi connectivity index (χ3v) is 5.24. The number of rotatable bonds is 4. The van der Waals surface area contributed by atoms with Crippen LogP contribution in [0.15, 0.2) is 48.8 Å². The van der Waals surface area contributed by atoms with Gasteiger partial charge in [0.05, 0.1) is 17.9 Å². The van der Waals surface area contributed by atoms with Crippen molar-refractivity contribution in [2.45, 2.75) is 38.5 Å². The van der Waals surface area contributed by atoms with Crippen molar-refractivity contribution in [2.24, 2.45) is 0 Å². The molecule has 2 N–H and O–H groups in total. The summed E-state index contributed by atoms with van der Waals surface area (Å²) in [7, 11) is 0. The predicted octanol–water partition coefficient (Wildman–Crippen LogP) is 3.82. The normalized spacial score (nSPS) is 15.0. The van der Waals surface area contributed by atoms with E-state index in [1.165, 1.54) is 5.56 Å². The summed E-state index contributed by atoms with van der Waals surface area (Å²) in [5, 5.41) is 25.8. The lowest BCUT2D eigenvalue weighted by molar-refractivity contribution is -0.192. The minimum Gasteiger partial charge on any atom is -0.508 e. The van der Waals surface area contributed by atoms with Gasteiger partial charge in [0, 0.05) is 31.4 Å². The van der Waals surface area contributed by atoms with Gasteiger partial charge in [-0.25, -0.2) is 9.48 Å². The third-order valence-electron chi connectivity index (χ3n) is 5.24. The van der Waals surface area contributed by atoms with E-state index in [0.717, 1.165) is 49.4 Å². The summed E-state index contributed by atoms with van der Waals surface area (Å²) in [5.41, 5.74) is 3.85. The molecule has 0 atom stereocenters. The zero-order valence-electron chi connectivity index (χ0n) is 17.9. The Kier molecular flexibility index (Phi) is 7.64. The van der Waals surface area contributed by atoms with Crippen LogP contribution in [0.3, 0.4) is 0 Å². The molecule has 0 aliphatic carbocycles. The summed E-state index contributed by atoms with van der Waals surface area (Å²) in [5.74, 6) is -2.37. The molecular formula is C22H24F3N5O3. The molecule has 1 aliphatic rings. The maximum absolute atomic E-state index is 10.6. The Morgan fingerprint density at radius 1 is 1.15 bits per heavy atom. The number of pyridine rings is 1. The Hall–Kier alpha value is -3.47. The van der Waals surface area contributed by atoms with Gasteiger partial charge in [-0.1, -0.05) is 29.0 Å². The van der Waals surface area contributed by atoms with E-state index in [-0.39, 0.29) is 0 Å². The van der Waals surface area contributed by atoms with E-state index < -0.39 is 12.1 Å². The molecule has 176 valence electrons. The molecule has 0 bridgehead atoms.